The molecule has 0 bridgehead atoms. The molecule has 0 unspecified atom stereocenters. The highest BCUT2D eigenvalue weighted by Gasteiger charge is 2.36. The number of hydrogen-bond acceptors (Lipinski definition) is 4. The summed E-state index contributed by atoms with van der Waals surface area (Å²) in [5.41, 5.74) is -1.73. The van der Waals surface area contributed by atoms with E-state index in [1.165, 1.54) is 39.3 Å². The van der Waals surface area contributed by atoms with Crippen molar-refractivity contribution in [1.29, 1.82) is 0 Å². The van der Waals surface area contributed by atoms with Crippen LogP contribution in [0.3, 0.4) is 0 Å². The maximum Gasteiger partial charge on any atom is 0.329 e. The molecule has 0 fully saturated rings. The molecule has 2 N–H and O–H groups in total. The van der Waals surface area contributed by atoms with Gasteiger partial charge in [0, 0.05) is 7.05 Å². The van der Waals surface area contributed by atoms with Crippen molar-refractivity contribution >= 4 is 11.9 Å². The predicted molar refractivity (Wildman–Crippen MR) is 78.6 cm³/mol. The molecule has 22 heavy (non-hydrogen) atoms. The minimum Gasteiger partial charge on any atom is -0.480 e. The first-order chi connectivity index (χ1) is 10.2. The minimum absolute atomic E-state index is 0.132. The number of carbonyl (C=O) groups excluding carboxylic acids is 1. The number of carboxylic acids is 1. The van der Waals surface area contributed by atoms with Crippen molar-refractivity contribution in [2.24, 2.45) is 0 Å². The number of pyridine rings is 1. The number of nitrogens with one attached hydrogen (secondary N) is 1. The third kappa shape index (κ3) is 2.65. The van der Waals surface area contributed by atoms with Crippen molar-refractivity contribution in [1.82, 2.24) is 9.88 Å². The van der Waals surface area contributed by atoms with E-state index in [1.54, 1.807) is 12.1 Å². The zero-order valence-corrected chi connectivity index (χ0v) is 12.4. The highest BCUT2D eigenvalue weighted by molar-refractivity contribution is 5.97. The number of carboxylic acid groups (broad SMARTS) is 1. The smallest absolute Gasteiger partial charge is 0.329 e. The molecule has 0 radical (unpaired) electrons. The van der Waals surface area contributed by atoms with Gasteiger partial charge in [-0.25, -0.2) is 4.79 Å². The molecular weight excluding hydrogens is 288 g/mol. The molecule has 0 aliphatic heterocycles. The van der Waals surface area contributed by atoms with Gasteiger partial charge in [0.05, 0.1) is 12.0 Å². The number of furan rings is 1. The molecule has 2 aromatic rings. The minimum atomic E-state index is -1.43. The molecule has 2 heterocycles. The van der Waals surface area contributed by atoms with Gasteiger partial charge >= 0.3 is 5.97 Å². The first-order valence-corrected chi connectivity index (χ1v) is 6.54. The number of rotatable bonds is 4. The summed E-state index contributed by atoms with van der Waals surface area (Å²) in [5.74, 6) is -1.36. The van der Waals surface area contributed by atoms with E-state index in [-0.39, 0.29) is 5.56 Å². The maximum atomic E-state index is 12.3. The lowest BCUT2D eigenvalue weighted by atomic mass is 10.0. The Kier molecular flexibility index (Phi) is 3.90. The van der Waals surface area contributed by atoms with Crippen molar-refractivity contribution < 1.29 is 19.1 Å². The third-order valence-corrected chi connectivity index (χ3v) is 3.59. The van der Waals surface area contributed by atoms with Crippen LogP contribution in [-0.4, -0.2) is 39.5 Å². The predicted octanol–water partition coefficient (Wildman–Crippen LogP) is 1.57. The van der Waals surface area contributed by atoms with Crippen LogP contribution in [0.4, 0.5) is 0 Å². The maximum absolute atomic E-state index is 12.3. The second kappa shape index (κ2) is 5.51. The number of aromatic amines is 1. The lowest BCUT2D eigenvalue weighted by Crippen LogP contribution is -2.51. The Morgan fingerprint density at radius 3 is 2.45 bits per heavy atom. The Labute approximate surface area is 126 Å². The average Bonchev–Trinajstić information content (AvgIpc) is 2.99. The second-order valence-electron chi connectivity index (χ2n) is 5.32. The highest BCUT2D eigenvalue weighted by Crippen LogP contribution is 2.18. The number of H-pyrrole nitrogens is 1. The van der Waals surface area contributed by atoms with Crippen LogP contribution in [0.1, 0.15) is 24.2 Å². The normalized spacial score (nSPS) is 11.2. The zero-order chi connectivity index (χ0) is 16.5. The van der Waals surface area contributed by atoms with E-state index in [0.29, 0.717) is 11.5 Å². The van der Waals surface area contributed by atoms with Crippen LogP contribution in [-0.2, 0) is 4.79 Å². The van der Waals surface area contributed by atoms with Crippen LogP contribution in [0.5, 0.6) is 0 Å². The standard InChI is InChI=1S/C15H16N2O5/c1-15(2,14(20)21)17(3)13(19)9-6-7-10(16-12(9)18)11-5-4-8-22-11/h4-8H,1-3H3,(H,16,18)(H,20,21). The van der Waals surface area contributed by atoms with Gasteiger partial charge in [0.2, 0.25) is 0 Å². The first-order valence-electron chi connectivity index (χ1n) is 6.54. The molecule has 0 aliphatic rings. The Balaban J connectivity index is 2.36. The molecule has 2 rings (SSSR count). The van der Waals surface area contributed by atoms with E-state index in [4.69, 9.17) is 9.52 Å². The fourth-order valence-electron chi connectivity index (χ4n) is 1.80. The zero-order valence-electron chi connectivity index (χ0n) is 12.4. The van der Waals surface area contributed by atoms with Crippen molar-refractivity contribution in [3.63, 3.8) is 0 Å². The van der Waals surface area contributed by atoms with Crippen LogP contribution < -0.4 is 5.56 Å². The molecule has 0 aliphatic carbocycles. The summed E-state index contributed by atoms with van der Waals surface area (Å²) in [5, 5.41) is 9.15. The number of hydrogen-bond donors (Lipinski definition) is 2. The topological polar surface area (TPSA) is 104 Å². The molecule has 7 heteroatoms. The molecule has 0 atom stereocenters. The van der Waals surface area contributed by atoms with Crippen molar-refractivity contribution in [3.05, 3.63) is 46.4 Å². The van der Waals surface area contributed by atoms with Gasteiger partial charge in [0.1, 0.15) is 16.9 Å². The van der Waals surface area contributed by atoms with Crippen LogP contribution in [0, 0.1) is 0 Å². The molecule has 0 spiro atoms. The summed E-state index contributed by atoms with van der Waals surface area (Å²) in [4.78, 5) is 39.2. The Hall–Kier alpha value is -2.83. The van der Waals surface area contributed by atoms with Gasteiger partial charge in [-0.2, -0.15) is 0 Å². The van der Waals surface area contributed by atoms with E-state index < -0.39 is 23.0 Å². The average molecular weight is 304 g/mol. The van der Waals surface area contributed by atoms with Crippen LogP contribution in [0.2, 0.25) is 0 Å². The Morgan fingerprint density at radius 2 is 1.95 bits per heavy atom. The molecule has 2 aromatic heterocycles. The quantitative estimate of drug-likeness (QED) is 0.892. The lowest BCUT2D eigenvalue weighted by molar-refractivity contribution is -0.147. The first kappa shape index (κ1) is 15.6. The Bertz CT molecular complexity index is 758. The summed E-state index contributed by atoms with van der Waals surface area (Å²) >= 11 is 0. The fraction of sp³-hybridized carbons (Fsp3) is 0.267. The molecule has 0 saturated heterocycles. The largest absolute Gasteiger partial charge is 0.480 e. The molecule has 7 nitrogen and oxygen atoms in total. The van der Waals surface area contributed by atoms with E-state index >= 15 is 0 Å². The second-order valence-corrected chi connectivity index (χ2v) is 5.32. The van der Waals surface area contributed by atoms with Gasteiger partial charge in [0.15, 0.2) is 0 Å². The summed E-state index contributed by atoms with van der Waals surface area (Å²) in [7, 11) is 1.34. The molecular formula is C15H16N2O5. The lowest BCUT2D eigenvalue weighted by Gasteiger charge is -2.31. The number of nitrogens with zero attached hydrogens (tertiary/aromatic N) is 1. The number of amides is 1. The molecule has 0 saturated carbocycles. The molecule has 0 aromatic carbocycles. The number of aromatic nitrogens is 1. The van der Waals surface area contributed by atoms with Crippen molar-refractivity contribution in [2.75, 3.05) is 7.05 Å². The van der Waals surface area contributed by atoms with Crippen LogP contribution in [0.15, 0.2) is 39.7 Å². The van der Waals surface area contributed by atoms with Gasteiger partial charge in [0.25, 0.3) is 11.5 Å². The Morgan fingerprint density at radius 1 is 1.27 bits per heavy atom. The third-order valence-electron chi connectivity index (χ3n) is 3.59. The van der Waals surface area contributed by atoms with Gasteiger partial charge in [-0.3, -0.25) is 9.59 Å². The van der Waals surface area contributed by atoms with Gasteiger partial charge in [-0.05, 0) is 38.1 Å². The summed E-state index contributed by atoms with van der Waals surface area (Å²) < 4.78 is 5.16. The van der Waals surface area contributed by atoms with Gasteiger partial charge in [-0.1, -0.05) is 0 Å². The van der Waals surface area contributed by atoms with Crippen molar-refractivity contribution in [3.8, 4) is 11.5 Å². The van der Waals surface area contributed by atoms with Crippen LogP contribution >= 0.6 is 0 Å². The van der Waals surface area contributed by atoms with Gasteiger partial charge < -0.3 is 19.4 Å². The molecule has 116 valence electrons. The fourth-order valence-corrected chi connectivity index (χ4v) is 1.80. The summed E-state index contributed by atoms with van der Waals surface area (Å²) in [6, 6.07) is 6.24. The summed E-state index contributed by atoms with van der Waals surface area (Å²) in [6.07, 6.45) is 1.47. The van der Waals surface area contributed by atoms with E-state index in [1.807, 2.05) is 0 Å². The van der Waals surface area contributed by atoms with E-state index in [9.17, 15) is 14.4 Å². The van der Waals surface area contributed by atoms with Gasteiger partial charge in [-0.15, -0.1) is 0 Å². The van der Waals surface area contributed by atoms with E-state index in [0.717, 1.165) is 4.90 Å². The SMILES string of the molecule is CN(C(=O)c1ccc(-c2ccco2)[nH]c1=O)C(C)(C)C(=O)O. The van der Waals surface area contributed by atoms with E-state index in [2.05, 4.69) is 4.98 Å². The van der Waals surface area contributed by atoms with Crippen molar-refractivity contribution in [2.45, 2.75) is 19.4 Å². The number of aliphatic carboxylic acids is 1. The summed E-state index contributed by atoms with van der Waals surface area (Å²) in [6.45, 7) is 2.78. The highest BCUT2D eigenvalue weighted by atomic mass is 16.4. The number of carbonyl (C=O) groups is 2. The number of likely N-dealkylation sites (N-methyl/N-ethyl adjacent to an activating group) is 1. The molecule has 1 amide bonds. The van der Waals surface area contributed by atoms with Crippen LogP contribution in [0.25, 0.3) is 11.5 Å². The monoisotopic (exact) mass is 304 g/mol.